The fraction of sp³-hybridized carbons (Fsp3) is 0.444. The molecule has 0 fully saturated rings. The smallest absolute Gasteiger partial charge is 0.434 e. The Morgan fingerprint density at radius 2 is 1.97 bits per heavy atom. The van der Waals surface area contributed by atoms with Gasteiger partial charge in [-0.05, 0) is 24.6 Å². The van der Waals surface area contributed by atoms with Gasteiger partial charge in [-0.1, -0.05) is 12.1 Å². The van der Waals surface area contributed by atoms with E-state index >= 15 is 0 Å². The highest BCUT2D eigenvalue weighted by Crippen LogP contribution is 2.30. The lowest BCUT2D eigenvalue weighted by molar-refractivity contribution is -0.140. The van der Waals surface area contributed by atoms with Gasteiger partial charge >= 0.3 is 12.8 Å². The molecule has 1 aromatic carbocycles. The van der Waals surface area contributed by atoms with Crippen LogP contribution in [0.5, 0.6) is 5.75 Å². The minimum absolute atomic E-state index is 0.0775. The van der Waals surface area contributed by atoms with Crippen LogP contribution in [0.2, 0.25) is 0 Å². The van der Waals surface area contributed by atoms with Gasteiger partial charge in [-0.15, -0.1) is 11.3 Å². The molecule has 11 heteroatoms. The maximum Gasteiger partial charge on any atom is 0.434 e. The zero-order valence-corrected chi connectivity index (χ0v) is 16.7. The Labute approximate surface area is 169 Å². The molecule has 0 atom stereocenters. The van der Waals surface area contributed by atoms with Crippen LogP contribution in [-0.4, -0.2) is 42.6 Å². The van der Waals surface area contributed by atoms with Crippen LogP contribution >= 0.6 is 11.3 Å². The fourth-order valence-corrected chi connectivity index (χ4v) is 3.20. The molecule has 2 rings (SSSR count). The number of halogens is 5. The largest absolute Gasteiger partial charge is 0.435 e. The number of benzene rings is 1. The second kappa shape index (κ2) is 10.4. The molecular weight excluding hydrogens is 415 g/mol. The van der Waals surface area contributed by atoms with Gasteiger partial charge in [0.15, 0.2) is 11.7 Å². The predicted octanol–water partition coefficient (Wildman–Crippen LogP) is 4.40. The van der Waals surface area contributed by atoms with E-state index in [2.05, 4.69) is 20.0 Å². The zero-order valence-electron chi connectivity index (χ0n) is 15.8. The molecule has 0 aliphatic heterocycles. The first-order valence-corrected chi connectivity index (χ1v) is 9.61. The van der Waals surface area contributed by atoms with E-state index < -0.39 is 18.5 Å². The number of ether oxygens (including phenoxy) is 1. The summed E-state index contributed by atoms with van der Waals surface area (Å²) in [6, 6.07) is 6.26. The molecule has 5 nitrogen and oxygen atoms in total. The third-order valence-corrected chi connectivity index (χ3v) is 4.60. The molecular formula is C18H21F5N4OS. The van der Waals surface area contributed by atoms with Gasteiger partial charge in [0.2, 0.25) is 0 Å². The van der Waals surface area contributed by atoms with E-state index in [0.29, 0.717) is 30.5 Å². The first-order chi connectivity index (χ1) is 13.7. The Morgan fingerprint density at radius 1 is 1.28 bits per heavy atom. The molecule has 0 spiro atoms. The summed E-state index contributed by atoms with van der Waals surface area (Å²) in [4.78, 5) is 9.85. The maximum atomic E-state index is 12.6. The van der Waals surface area contributed by atoms with Crippen LogP contribution in [0, 0.1) is 0 Å². The molecule has 1 heterocycles. The van der Waals surface area contributed by atoms with E-state index in [1.165, 1.54) is 12.1 Å². The summed E-state index contributed by atoms with van der Waals surface area (Å²) in [5.41, 5.74) is -0.0285. The fourth-order valence-electron chi connectivity index (χ4n) is 2.41. The third-order valence-electron chi connectivity index (χ3n) is 3.69. The van der Waals surface area contributed by atoms with Crippen molar-refractivity contribution in [3.8, 4) is 5.75 Å². The monoisotopic (exact) mass is 436 g/mol. The average Bonchev–Trinajstić information content (AvgIpc) is 3.11. The molecule has 160 valence electrons. The molecule has 1 N–H and O–H groups in total. The summed E-state index contributed by atoms with van der Waals surface area (Å²) in [5, 5.41) is 4.48. The molecule has 0 aliphatic rings. The summed E-state index contributed by atoms with van der Waals surface area (Å²) < 4.78 is 66.6. The minimum Gasteiger partial charge on any atom is -0.435 e. The van der Waals surface area contributed by atoms with Crippen molar-refractivity contribution in [2.45, 2.75) is 32.7 Å². The Kier molecular flexibility index (Phi) is 8.18. The molecule has 0 saturated heterocycles. The summed E-state index contributed by atoms with van der Waals surface area (Å²) in [5.74, 6) is 0.654. The van der Waals surface area contributed by atoms with Gasteiger partial charge in [-0.3, -0.25) is 4.99 Å². The first-order valence-electron chi connectivity index (χ1n) is 8.73. The molecule has 0 saturated carbocycles. The van der Waals surface area contributed by atoms with E-state index in [1.54, 1.807) is 19.2 Å². The normalized spacial score (nSPS) is 12.3. The maximum absolute atomic E-state index is 12.6. The van der Waals surface area contributed by atoms with Gasteiger partial charge in [-0.2, -0.15) is 22.0 Å². The number of rotatable bonds is 8. The van der Waals surface area contributed by atoms with E-state index in [0.717, 1.165) is 22.3 Å². The van der Waals surface area contributed by atoms with Crippen LogP contribution < -0.4 is 10.1 Å². The van der Waals surface area contributed by atoms with Crippen molar-refractivity contribution < 1.29 is 26.7 Å². The van der Waals surface area contributed by atoms with Crippen molar-refractivity contribution in [2.75, 3.05) is 20.1 Å². The van der Waals surface area contributed by atoms with Gasteiger partial charge in [0.25, 0.3) is 0 Å². The number of nitrogens with one attached hydrogen (secondary N) is 1. The molecule has 1 aromatic heterocycles. The topological polar surface area (TPSA) is 49.8 Å². The van der Waals surface area contributed by atoms with E-state index in [4.69, 9.17) is 0 Å². The third kappa shape index (κ3) is 7.48. The number of aliphatic imine (C=N–C) groups is 1. The van der Waals surface area contributed by atoms with Crippen LogP contribution in [0.3, 0.4) is 0 Å². The van der Waals surface area contributed by atoms with E-state index in [-0.39, 0.29) is 12.3 Å². The number of nitrogens with zero attached hydrogens (tertiary/aromatic N) is 3. The Balaban J connectivity index is 1.95. The lowest BCUT2D eigenvalue weighted by Crippen LogP contribution is -2.38. The lowest BCUT2D eigenvalue weighted by atomic mass is 10.2. The van der Waals surface area contributed by atoms with Crippen LogP contribution in [0.4, 0.5) is 22.0 Å². The van der Waals surface area contributed by atoms with Gasteiger partial charge < -0.3 is 15.0 Å². The SMILES string of the molecule is CCNC(=NCCc1nc(C(F)(F)F)cs1)N(C)Cc1ccc(OC(F)F)cc1. The van der Waals surface area contributed by atoms with Gasteiger partial charge in [0.1, 0.15) is 5.75 Å². The van der Waals surface area contributed by atoms with Crippen molar-refractivity contribution in [1.29, 1.82) is 0 Å². The van der Waals surface area contributed by atoms with Crippen molar-refractivity contribution in [2.24, 2.45) is 4.99 Å². The van der Waals surface area contributed by atoms with E-state index in [9.17, 15) is 22.0 Å². The van der Waals surface area contributed by atoms with Crippen molar-refractivity contribution in [3.05, 3.63) is 45.9 Å². The van der Waals surface area contributed by atoms with Crippen LogP contribution in [0.25, 0.3) is 0 Å². The summed E-state index contributed by atoms with van der Waals surface area (Å²) in [6.07, 6.45) is -4.15. The van der Waals surface area contributed by atoms with Crippen LogP contribution in [0.1, 0.15) is 23.2 Å². The second-order valence-corrected chi connectivity index (χ2v) is 6.93. The molecule has 0 aliphatic carbocycles. The van der Waals surface area contributed by atoms with Crippen LogP contribution in [0.15, 0.2) is 34.6 Å². The lowest BCUT2D eigenvalue weighted by Gasteiger charge is -2.22. The number of alkyl halides is 5. The molecule has 0 radical (unpaired) electrons. The summed E-state index contributed by atoms with van der Waals surface area (Å²) >= 11 is 0.958. The number of hydrogen-bond acceptors (Lipinski definition) is 4. The summed E-state index contributed by atoms with van der Waals surface area (Å²) in [6.45, 7) is 0.367. The highest BCUT2D eigenvalue weighted by Gasteiger charge is 2.33. The molecule has 0 amide bonds. The Morgan fingerprint density at radius 3 is 2.52 bits per heavy atom. The molecule has 29 heavy (non-hydrogen) atoms. The van der Waals surface area contributed by atoms with Crippen molar-refractivity contribution in [3.63, 3.8) is 0 Å². The quantitative estimate of drug-likeness (QED) is 0.379. The van der Waals surface area contributed by atoms with Crippen LogP contribution in [-0.2, 0) is 19.1 Å². The second-order valence-electron chi connectivity index (χ2n) is 5.99. The minimum atomic E-state index is -4.44. The number of guanidine groups is 1. The first kappa shape index (κ1) is 22.9. The zero-order chi connectivity index (χ0) is 21.4. The van der Waals surface area contributed by atoms with E-state index in [1.807, 2.05) is 11.8 Å². The average molecular weight is 436 g/mol. The summed E-state index contributed by atoms with van der Waals surface area (Å²) in [7, 11) is 1.80. The van der Waals surface area contributed by atoms with Gasteiger partial charge in [0.05, 0.1) is 5.01 Å². The predicted molar refractivity (Wildman–Crippen MR) is 101 cm³/mol. The molecule has 2 aromatic rings. The molecule has 0 bridgehead atoms. The highest BCUT2D eigenvalue weighted by molar-refractivity contribution is 7.09. The van der Waals surface area contributed by atoms with Crippen molar-refractivity contribution in [1.82, 2.24) is 15.2 Å². The molecule has 0 unspecified atom stereocenters. The highest BCUT2D eigenvalue weighted by atomic mass is 32.1. The van der Waals surface area contributed by atoms with Gasteiger partial charge in [-0.25, -0.2) is 4.98 Å². The number of aromatic nitrogens is 1. The Hall–Kier alpha value is -2.43. The number of thiazole rings is 1. The van der Waals surface area contributed by atoms with Gasteiger partial charge in [0, 0.05) is 38.5 Å². The Bertz CT molecular complexity index is 792. The number of hydrogen-bond donors (Lipinski definition) is 1. The standard InChI is InChI=1S/C18H21F5N4OS/c1-3-24-17(25-9-8-15-26-14(11-29-15)18(21,22)23)27(2)10-12-4-6-13(7-5-12)28-16(19)20/h4-7,11,16H,3,8-10H2,1-2H3,(H,24,25). The van der Waals surface area contributed by atoms with Crippen molar-refractivity contribution >= 4 is 17.3 Å².